The summed E-state index contributed by atoms with van der Waals surface area (Å²) in [4.78, 5) is 0. The number of nitrogens with one attached hydrogen (secondary N) is 1. The standard InChI is InChI=1S/C14H29N/c1-6-9-15-13(11(2)3)12-7-8-14(4,5)10-12/h11-13,15H,6-10H2,1-5H3. The summed E-state index contributed by atoms with van der Waals surface area (Å²) in [6, 6.07) is 0.742. The minimum Gasteiger partial charge on any atom is -0.313 e. The molecule has 1 N–H and O–H groups in total. The average Bonchev–Trinajstić information content (AvgIpc) is 2.46. The summed E-state index contributed by atoms with van der Waals surface area (Å²) < 4.78 is 0. The van der Waals surface area contributed by atoms with Crippen LogP contribution in [0.5, 0.6) is 0 Å². The molecule has 15 heavy (non-hydrogen) atoms. The van der Waals surface area contributed by atoms with Crippen molar-refractivity contribution in [2.45, 2.75) is 66.3 Å². The molecule has 0 amide bonds. The molecule has 0 aliphatic heterocycles. The maximum atomic E-state index is 3.75. The first-order valence-electron chi connectivity index (χ1n) is 6.69. The van der Waals surface area contributed by atoms with Gasteiger partial charge in [0.05, 0.1) is 0 Å². The van der Waals surface area contributed by atoms with E-state index < -0.39 is 0 Å². The van der Waals surface area contributed by atoms with Crippen molar-refractivity contribution in [3.05, 3.63) is 0 Å². The highest BCUT2D eigenvalue weighted by atomic mass is 14.9. The topological polar surface area (TPSA) is 12.0 Å². The van der Waals surface area contributed by atoms with Crippen LogP contribution in [0.1, 0.15) is 60.3 Å². The smallest absolute Gasteiger partial charge is 0.0118 e. The average molecular weight is 211 g/mol. The molecule has 1 fully saturated rings. The summed E-state index contributed by atoms with van der Waals surface area (Å²) in [5.41, 5.74) is 0.589. The van der Waals surface area contributed by atoms with Gasteiger partial charge in [0.25, 0.3) is 0 Å². The molecule has 1 aliphatic carbocycles. The van der Waals surface area contributed by atoms with E-state index in [4.69, 9.17) is 0 Å². The van der Waals surface area contributed by atoms with Crippen molar-refractivity contribution >= 4 is 0 Å². The molecule has 2 unspecified atom stereocenters. The molecule has 2 atom stereocenters. The van der Waals surface area contributed by atoms with Gasteiger partial charge in [-0.2, -0.15) is 0 Å². The van der Waals surface area contributed by atoms with Crippen molar-refractivity contribution in [1.82, 2.24) is 5.32 Å². The quantitative estimate of drug-likeness (QED) is 0.728. The first-order chi connectivity index (χ1) is 6.96. The van der Waals surface area contributed by atoms with Gasteiger partial charge >= 0.3 is 0 Å². The van der Waals surface area contributed by atoms with Gasteiger partial charge in [0.15, 0.2) is 0 Å². The third-order valence-electron chi connectivity index (χ3n) is 3.86. The second-order valence-electron chi connectivity index (χ2n) is 6.39. The van der Waals surface area contributed by atoms with Gasteiger partial charge in [-0.3, -0.25) is 0 Å². The summed E-state index contributed by atoms with van der Waals surface area (Å²) >= 11 is 0. The van der Waals surface area contributed by atoms with E-state index >= 15 is 0 Å². The summed E-state index contributed by atoms with van der Waals surface area (Å²) in [6.07, 6.45) is 5.49. The lowest BCUT2D eigenvalue weighted by Crippen LogP contribution is -2.40. The molecular formula is C14H29N. The SMILES string of the molecule is CCCNC(C(C)C)C1CCC(C)(C)C1. The normalized spacial score (nSPS) is 27.2. The Morgan fingerprint density at radius 3 is 2.40 bits per heavy atom. The Morgan fingerprint density at radius 1 is 1.33 bits per heavy atom. The van der Waals surface area contributed by atoms with Gasteiger partial charge in [-0.15, -0.1) is 0 Å². The predicted octanol–water partition coefficient (Wildman–Crippen LogP) is 3.84. The fourth-order valence-electron chi connectivity index (χ4n) is 3.05. The molecule has 0 aromatic carbocycles. The van der Waals surface area contributed by atoms with Crippen LogP contribution in [0.3, 0.4) is 0 Å². The molecule has 1 heteroatoms. The maximum Gasteiger partial charge on any atom is 0.0118 e. The Hall–Kier alpha value is -0.0400. The number of rotatable bonds is 5. The summed E-state index contributed by atoms with van der Waals surface area (Å²) in [5.74, 6) is 1.68. The number of hydrogen-bond acceptors (Lipinski definition) is 1. The predicted molar refractivity (Wildman–Crippen MR) is 68.0 cm³/mol. The lowest BCUT2D eigenvalue weighted by molar-refractivity contribution is 0.262. The molecular weight excluding hydrogens is 182 g/mol. The van der Waals surface area contributed by atoms with Crippen LogP contribution in [0.25, 0.3) is 0 Å². The van der Waals surface area contributed by atoms with E-state index in [2.05, 4.69) is 39.9 Å². The Kier molecular flexibility index (Phi) is 4.64. The van der Waals surface area contributed by atoms with Crippen molar-refractivity contribution in [3.8, 4) is 0 Å². The molecule has 1 rings (SSSR count). The van der Waals surface area contributed by atoms with Crippen molar-refractivity contribution in [2.24, 2.45) is 17.3 Å². The lowest BCUT2D eigenvalue weighted by Gasteiger charge is -2.29. The molecule has 0 aromatic heterocycles. The highest BCUT2D eigenvalue weighted by Crippen LogP contribution is 2.43. The molecule has 0 aromatic rings. The van der Waals surface area contributed by atoms with E-state index in [1.165, 1.54) is 32.2 Å². The van der Waals surface area contributed by atoms with Gasteiger partial charge in [0, 0.05) is 6.04 Å². The highest BCUT2D eigenvalue weighted by molar-refractivity contribution is 4.90. The largest absolute Gasteiger partial charge is 0.313 e. The van der Waals surface area contributed by atoms with E-state index in [1.807, 2.05) is 0 Å². The van der Waals surface area contributed by atoms with Crippen molar-refractivity contribution in [3.63, 3.8) is 0 Å². The van der Waals surface area contributed by atoms with Crippen LogP contribution in [0.2, 0.25) is 0 Å². The van der Waals surface area contributed by atoms with E-state index in [0.29, 0.717) is 5.41 Å². The van der Waals surface area contributed by atoms with Gasteiger partial charge in [0.1, 0.15) is 0 Å². The molecule has 0 bridgehead atoms. The second kappa shape index (κ2) is 5.34. The van der Waals surface area contributed by atoms with Crippen LogP contribution >= 0.6 is 0 Å². The molecule has 0 spiro atoms. The summed E-state index contributed by atoms with van der Waals surface area (Å²) in [6.45, 7) is 13.0. The van der Waals surface area contributed by atoms with E-state index in [-0.39, 0.29) is 0 Å². The Balaban J connectivity index is 2.50. The van der Waals surface area contributed by atoms with Crippen molar-refractivity contribution < 1.29 is 0 Å². The molecule has 0 heterocycles. The van der Waals surface area contributed by atoms with Crippen LogP contribution in [-0.2, 0) is 0 Å². The van der Waals surface area contributed by atoms with E-state index in [0.717, 1.165) is 17.9 Å². The first-order valence-corrected chi connectivity index (χ1v) is 6.69. The first kappa shape index (κ1) is 13.0. The van der Waals surface area contributed by atoms with Crippen molar-refractivity contribution in [2.75, 3.05) is 6.54 Å². The molecule has 90 valence electrons. The zero-order chi connectivity index (χ0) is 11.5. The summed E-state index contributed by atoms with van der Waals surface area (Å²) in [7, 11) is 0. The zero-order valence-electron chi connectivity index (χ0n) is 11.3. The monoisotopic (exact) mass is 211 g/mol. The highest BCUT2D eigenvalue weighted by Gasteiger charge is 2.36. The zero-order valence-corrected chi connectivity index (χ0v) is 11.3. The molecule has 1 saturated carbocycles. The fraction of sp³-hybridized carbons (Fsp3) is 1.00. The van der Waals surface area contributed by atoms with Gasteiger partial charge in [0.2, 0.25) is 0 Å². The van der Waals surface area contributed by atoms with Crippen LogP contribution in [-0.4, -0.2) is 12.6 Å². The minimum absolute atomic E-state index is 0.589. The minimum atomic E-state index is 0.589. The third-order valence-corrected chi connectivity index (χ3v) is 3.86. The number of hydrogen-bond donors (Lipinski definition) is 1. The third kappa shape index (κ3) is 3.79. The van der Waals surface area contributed by atoms with Gasteiger partial charge in [-0.1, -0.05) is 34.6 Å². The molecule has 1 aliphatic rings. The van der Waals surface area contributed by atoms with Crippen LogP contribution in [0.15, 0.2) is 0 Å². The second-order valence-corrected chi connectivity index (χ2v) is 6.39. The van der Waals surface area contributed by atoms with Gasteiger partial charge < -0.3 is 5.32 Å². The Labute approximate surface area is 96.0 Å². The van der Waals surface area contributed by atoms with Gasteiger partial charge in [-0.05, 0) is 49.5 Å². The van der Waals surface area contributed by atoms with Gasteiger partial charge in [-0.25, -0.2) is 0 Å². The van der Waals surface area contributed by atoms with E-state index in [9.17, 15) is 0 Å². The maximum absolute atomic E-state index is 3.75. The van der Waals surface area contributed by atoms with E-state index in [1.54, 1.807) is 0 Å². The Bertz CT molecular complexity index is 184. The summed E-state index contributed by atoms with van der Waals surface area (Å²) in [5, 5.41) is 3.75. The van der Waals surface area contributed by atoms with Crippen LogP contribution in [0.4, 0.5) is 0 Å². The lowest BCUT2D eigenvalue weighted by atomic mass is 9.85. The Morgan fingerprint density at radius 2 is 2.00 bits per heavy atom. The fourth-order valence-corrected chi connectivity index (χ4v) is 3.05. The van der Waals surface area contributed by atoms with Crippen molar-refractivity contribution in [1.29, 1.82) is 0 Å². The molecule has 0 radical (unpaired) electrons. The van der Waals surface area contributed by atoms with Crippen LogP contribution < -0.4 is 5.32 Å². The molecule has 1 nitrogen and oxygen atoms in total. The van der Waals surface area contributed by atoms with Crippen LogP contribution in [0, 0.1) is 17.3 Å². The molecule has 0 saturated heterocycles.